The Kier molecular flexibility index (Phi) is 16.9. The molecule has 3 rings (SSSR count). The first-order valence-electron chi connectivity index (χ1n) is 12.8. The molecule has 0 unspecified atom stereocenters. The van der Waals surface area contributed by atoms with Crippen molar-refractivity contribution in [3.63, 3.8) is 0 Å². The topological polar surface area (TPSA) is 73.8 Å². The second kappa shape index (κ2) is 18.7. The maximum absolute atomic E-state index is 12.7. The number of urea groups is 1. The van der Waals surface area contributed by atoms with Crippen molar-refractivity contribution in [2.45, 2.75) is 74.3 Å². The van der Waals surface area contributed by atoms with Gasteiger partial charge in [-0.15, -0.1) is 0 Å². The van der Waals surface area contributed by atoms with E-state index in [-0.39, 0.29) is 24.6 Å². The number of benzene rings is 2. The minimum atomic E-state index is -2.52. The van der Waals surface area contributed by atoms with Gasteiger partial charge < -0.3 is 10.2 Å². The number of hydrogen-bond acceptors (Lipinski definition) is 4. The van der Waals surface area contributed by atoms with Crippen LogP contribution < -0.4 is 10.6 Å². The molecule has 204 valence electrons. The molecule has 1 aliphatic heterocycles. The first-order valence-corrected chi connectivity index (χ1v) is 12.8. The van der Waals surface area contributed by atoms with Gasteiger partial charge in [-0.05, 0) is 43.5 Å². The van der Waals surface area contributed by atoms with E-state index in [0.717, 1.165) is 11.1 Å². The number of nitrogens with zero attached hydrogens (tertiary/aromatic N) is 2. The van der Waals surface area contributed by atoms with Crippen LogP contribution in [-0.2, 0) is 11.3 Å². The van der Waals surface area contributed by atoms with Gasteiger partial charge in [-0.3, -0.25) is 15.1 Å². The number of carbonyl (C=O) groups excluding carboxylic acids is 2. The van der Waals surface area contributed by atoms with Crippen molar-refractivity contribution in [1.82, 2.24) is 10.2 Å². The summed E-state index contributed by atoms with van der Waals surface area (Å²) >= 11 is 0. The Balaban J connectivity index is 0.00000145. The largest absolute Gasteiger partial charge is 0.355 e. The van der Waals surface area contributed by atoms with Gasteiger partial charge in [0.15, 0.2) is 0 Å². The number of hydrogen-bond donors (Lipinski definition) is 2. The first-order chi connectivity index (χ1) is 17.8. The fourth-order valence-corrected chi connectivity index (χ4v) is 3.04. The zero-order chi connectivity index (χ0) is 28.4. The molecule has 6 nitrogen and oxygen atoms in total. The highest BCUT2D eigenvalue weighted by Crippen LogP contribution is 2.30. The van der Waals surface area contributed by atoms with E-state index in [0.29, 0.717) is 17.1 Å². The van der Waals surface area contributed by atoms with Crippen LogP contribution in [0.5, 0.6) is 0 Å². The Morgan fingerprint density at radius 2 is 1.68 bits per heavy atom. The number of amides is 3. The zero-order valence-electron chi connectivity index (χ0n) is 23.2. The average molecular weight is 517 g/mol. The third-order valence-electron chi connectivity index (χ3n) is 4.99. The molecule has 0 radical (unpaired) electrons. The van der Waals surface area contributed by atoms with Crippen LogP contribution in [0.1, 0.15) is 84.4 Å². The molecule has 8 heteroatoms. The number of rotatable bonds is 8. The van der Waals surface area contributed by atoms with Crippen LogP contribution in [0.4, 0.5) is 25.0 Å². The van der Waals surface area contributed by atoms with Crippen molar-refractivity contribution in [3.8, 4) is 0 Å². The summed E-state index contributed by atoms with van der Waals surface area (Å²) in [5.74, 6) is -0.331. The van der Waals surface area contributed by atoms with Gasteiger partial charge in [0.2, 0.25) is 5.91 Å². The third-order valence-corrected chi connectivity index (χ3v) is 4.99. The van der Waals surface area contributed by atoms with Crippen LogP contribution >= 0.6 is 0 Å². The van der Waals surface area contributed by atoms with Crippen molar-refractivity contribution in [3.05, 3.63) is 65.2 Å². The van der Waals surface area contributed by atoms with Crippen LogP contribution in [0, 0.1) is 0 Å². The van der Waals surface area contributed by atoms with Crippen LogP contribution in [0.2, 0.25) is 0 Å². The van der Waals surface area contributed by atoms with Crippen molar-refractivity contribution in [1.29, 1.82) is 0 Å². The van der Waals surface area contributed by atoms with Crippen molar-refractivity contribution >= 4 is 35.7 Å². The van der Waals surface area contributed by atoms with Gasteiger partial charge in [-0.2, -0.15) is 0 Å². The Bertz CT molecular complexity index is 1000. The number of anilines is 2. The number of unbranched alkanes of at least 4 members (excludes halogenated alkanes) is 1. The van der Waals surface area contributed by atoms with Crippen molar-refractivity contribution in [2.24, 2.45) is 4.99 Å². The van der Waals surface area contributed by atoms with Crippen molar-refractivity contribution < 1.29 is 18.4 Å². The third kappa shape index (κ3) is 10.9. The van der Waals surface area contributed by atoms with Gasteiger partial charge in [0.25, 0.3) is 6.43 Å². The molecule has 0 aliphatic carbocycles. The number of carbonyl (C=O) groups is 2. The molecule has 1 heterocycles. The number of aliphatic imine (C=N–C) groups is 1. The van der Waals surface area contributed by atoms with E-state index in [1.165, 1.54) is 29.9 Å². The van der Waals surface area contributed by atoms with Gasteiger partial charge in [-0.1, -0.05) is 78.7 Å². The Hall–Kier alpha value is -3.55. The summed E-state index contributed by atoms with van der Waals surface area (Å²) in [7, 11) is 0. The predicted molar refractivity (Wildman–Crippen MR) is 152 cm³/mol. The number of allylic oxidation sites excluding steroid dienone is 1. The van der Waals surface area contributed by atoms with Gasteiger partial charge in [0, 0.05) is 29.0 Å². The molecule has 2 aromatic rings. The molecule has 0 saturated carbocycles. The highest BCUT2D eigenvalue weighted by molar-refractivity contribution is 6.01. The molecule has 0 atom stereocenters. The second-order valence-electron chi connectivity index (χ2n) is 7.47. The SMILES string of the molecule is C=N/C(=C\C)c1cc(CN2CC(=O)NC2=O)ccc1Nc1ccc(C(F)F)cc1.CC.CC.CCCC. The van der Waals surface area contributed by atoms with E-state index in [1.54, 1.807) is 18.2 Å². The summed E-state index contributed by atoms with van der Waals surface area (Å²) in [6.45, 7) is 18.1. The highest BCUT2D eigenvalue weighted by atomic mass is 19.3. The molecule has 1 fully saturated rings. The fourth-order valence-electron chi connectivity index (χ4n) is 3.04. The van der Waals surface area contributed by atoms with Crippen LogP contribution in [-0.4, -0.2) is 30.1 Å². The summed E-state index contributed by atoms with van der Waals surface area (Å²) in [4.78, 5) is 28.6. The second-order valence-corrected chi connectivity index (χ2v) is 7.47. The zero-order valence-corrected chi connectivity index (χ0v) is 23.2. The maximum atomic E-state index is 12.7. The number of alkyl halides is 2. The Labute approximate surface area is 220 Å². The molecule has 2 aromatic carbocycles. The summed E-state index contributed by atoms with van der Waals surface area (Å²) in [5, 5.41) is 5.45. The first kappa shape index (κ1) is 33.4. The lowest BCUT2D eigenvalue weighted by molar-refractivity contribution is -0.118. The summed E-state index contributed by atoms with van der Waals surface area (Å²) in [6.07, 6.45) is 1.91. The smallest absolute Gasteiger partial charge is 0.324 e. The quantitative estimate of drug-likeness (QED) is 0.273. The van der Waals surface area contributed by atoms with Crippen LogP contribution in [0.25, 0.3) is 5.70 Å². The monoisotopic (exact) mass is 516 g/mol. The normalized spacial score (nSPS) is 12.4. The predicted octanol–water partition coefficient (Wildman–Crippen LogP) is 8.34. The standard InChI is InChI=1S/C21H20F2N4O2.C4H10.2C2H6/c1-3-17(24-2)16-10-13(11-27-12-19(28)26-21(27)29)4-9-18(16)25-15-7-5-14(6-8-15)20(22)23;1-3-4-2;2*1-2/h3-10,20,25H,2,11-12H2,1H3,(H,26,28,29);3-4H2,1-2H3;2*1-2H3/b17-3-;;;. The molecular weight excluding hydrogens is 474 g/mol. The number of imide groups is 1. The lowest BCUT2D eigenvalue weighted by Crippen LogP contribution is -2.27. The van der Waals surface area contributed by atoms with E-state index >= 15 is 0 Å². The average Bonchev–Trinajstić information content (AvgIpc) is 3.24. The molecule has 0 bridgehead atoms. The molecular formula is C29H42F2N4O2. The van der Waals surface area contributed by atoms with E-state index in [9.17, 15) is 18.4 Å². The molecule has 0 spiro atoms. The van der Waals surface area contributed by atoms with Gasteiger partial charge >= 0.3 is 6.03 Å². The van der Waals surface area contributed by atoms with E-state index in [2.05, 4.69) is 36.2 Å². The van der Waals surface area contributed by atoms with Crippen LogP contribution in [0.15, 0.2) is 53.5 Å². The van der Waals surface area contributed by atoms with E-state index < -0.39 is 12.5 Å². The molecule has 2 N–H and O–H groups in total. The lowest BCUT2D eigenvalue weighted by Gasteiger charge is -2.17. The lowest BCUT2D eigenvalue weighted by atomic mass is 10.0. The van der Waals surface area contributed by atoms with E-state index in [4.69, 9.17) is 0 Å². The number of halogens is 2. The van der Waals surface area contributed by atoms with Gasteiger partial charge in [0.05, 0.1) is 5.70 Å². The molecule has 1 saturated heterocycles. The fraction of sp³-hybridized carbons (Fsp3) is 0.414. The van der Waals surface area contributed by atoms with Gasteiger partial charge in [0.1, 0.15) is 6.54 Å². The van der Waals surface area contributed by atoms with Crippen LogP contribution in [0.3, 0.4) is 0 Å². The maximum Gasteiger partial charge on any atom is 0.324 e. The molecule has 37 heavy (non-hydrogen) atoms. The van der Waals surface area contributed by atoms with Gasteiger partial charge in [-0.25, -0.2) is 13.6 Å². The highest BCUT2D eigenvalue weighted by Gasteiger charge is 2.26. The molecule has 3 amide bonds. The minimum absolute atomic E-state index is 0.0147. The van der Waals surface area contributed by atoms with Crippen molar-refractivity contribution in [2.75, 3.05) is 11.9 Å². The molecule has 0 aromatic heterocycles. The number of nitrogens with one attached hydrogen (secondary N) is 2. The Morgan fingerprint density at radius 3 is 2.11 bits per heavy atom. The summed E-state index contributed by atoms with van der Waals surface area (Å²) in [6, 6.07) is 11.0. The molecule has 1 aliphatic rings. The minimum Gasteiger partial charge on any atom is -0.355 e. The summed E-state index contributed by atoms with van der Waals surface area (Å²) < 4.78 is 25.5. The Morgan fingerprint density at radius 1 is 1.08 bits per heavy atom. The summed E-state index contributed by atoms with van der Waals surface area (Å²) in [5.41, 5.74) is 3.48. The van der Waals surface area contributed by atoms with E-state index in [1.807, 2.05) is 52.8 Å².